The Bertz CT molecular complexity index is 673. The number of rotatable bonds is 10. The van der Waals surface area contributed by atoms with Gasteiger partial charge in [-0.3, -0.25) is 4.99 Å². The maximum atomic E-state index is 4.84. The van der Waals surface area contributed by atoms with Crippen LogP contribution < -0.4 is 10.6 Å². The third kappa shape index (κ3) is 7.69. The number of aromatic nitrogens is 3. The largest absolute Gasteiger partial charge is 0.357 e. The number of hydrogen-bond donors (Lipinski definition) is 2. The summed E-state index contributed by atoms with van der Waals surface area (Å²) in [6, 6.07) is 10.7. The highest BCUT2D eigenvalue weighted by Gasteiger charge is 2.43. The normalized spacial score (nSPS) is 15.1. The van der Waals surface area contributed by atoms with Crippen LogP contribution in [-0.2, 0) is 6.54 Å². The summed E-state index contributed by atoms with van der Waals surface area (Å²) < 4.78 is 2.30. The van der Waals surface area contributed by atoms with Crippen molar-refractivity contribution in [2.24, 2.45) is 4.99 Å². The van der Waals surface area contributed by atoms with Crippen molar-refractivity contribution in [3.63, 3.8) is 0 Å². The van der Waals surface area contributed by atoms with E-state index < -0.39 is 0 Å². The van der Waals surface area contributed by atoms with Gasteiger partial charge in [-0.05, 0) is 44.7 Å². The second kappa shape index (κ2) is 11.5. The molecule has 0 saturated heterocycles. The van der Waals surface area contributed by atoms with Crippen molar-refractivity contribution >= 4 is 41.7 Å². The number of nitrogens with zero attached hydrogens (tertiary/aromatic N) is 4. The molecule has 148 valence electrons. The van der Waals surface area contributed by atoms with Crippen molar-refractivity contribution in [3.05, 3.63) is 43.0 Å². The molecule has 1 aromatic heterocycles. The van der Waals surface area contributed by atoms with Crippen LogP contribution >= 0.6 is 35.7 Å². The quantitative estimate of drug-likeness (QED) is 0.226. The van der Waals surface area contributed by atoms with Gasteiger partial charge in [-0.1, -0.05) is 18.2 Å². The van der Waals surface area contributed by atoms with E-state index in [1.165, 1.54) is 17.7 Å². The molecule has 1 heterocycles. The van der Waals surface area contributed by atoms with E-state index in [1.807, 2.05) is 16.3 Å². The van der Waals surface area contributed by atoms with Crippen molar-refractivity contribution in [1.82, 2.24) is 25.4 Å². The van der Waals surface area contributed by atoms with Gasteiger partial charge in [0.25, 0.3) is 0 Å². The predicted molar refractivity (Wildman–Crippen MR) is 123 cm³/mol. The second-order valence-electron chi connectivity index (χ2n) is 6.63. The number of halogens is 1. The maximum absolute atomic E-state index is 4.84. The highest BCUT2D eigenvalue weighted by atomic mass is 127. The van der Waals surface area contributed by atoms with Crippen molar-refractivity contribution in [2.75, 3.05) is 19.6 Å². The zero-order valence-electron chi connectivity index (χ0n) is 15.8. The molecule has 3 rings (SSSR count). The van der Waals surface area contributed by atoms with Gasteiger partial charge < -0.3 is 15.2 Å². The molecule has 0 spiro atoms. The lowest BCUT2D eigenvalue weighted by atomic mass is 10.3. The van der Waals surface area contributed by atoms with E-state index in [-0.39, 0.29) is 28.7 Å². The van der Waals surface area contributed by atoms with Crippen LogP contribution in [0.25, 0.3) is 0 Å². The molecular weight excluding hydrogens is 471 g/mol. The zero-order valence-corrected chi connectivity index (χ0v) is 19.0. The third-order valence-corrected chi connectivity index (χ3v) is 5.84. The topological polar surface area (TPSA) is 67.1 Å². The first-order valence-electron chi connectivity index (χ1n) is 9.38. The highest BCUT2D eigenvalue weighted by molar-refractivity contribution is 14.0. The molecule has 0 radical (unpaired) electrons. The summed E-state index contributed by atoms with van der Waals surface area (Å²) in [5.41, 5.74) is 0. The summed E-state index contributed by atoms with van der Waals surface area (Å²) in [6.07, 6.45) is 8.20. The lowest BCUT2D eigenvalue weighted by Gasteiger charge is -2.15. The number of guanidine groups is 1. The third-order valence-electron chi connectivity index (χ3n) is 4.36. The fourth-order valence-electron chi connectivity index (χ4n) is 2.70. The fraction of sp³-hybridized carbons (Fsp3) is 0.526. The number of aryl methyl sites for hydroxylation is 1. The number of thioether (sulfide) groups is 1. The van der Waals surface area contributed by atoms with Crippen molar-refractivity contribution < 1.29 is 0 Å². The van der Waals surface area contributed by atoms with Gasteiger partial charge >= 0.3 is 0 Å². The first-order valence-corrected chi connectivity index (χ1v) is 10.2. The molecule has 8 heteroatoms. The predicted octanol–water partition coefficient (Wildman–Crippen LogP) is 3.56. The van der Waals surface area contributed by atoms with Crippen LogP contribution in [0.4, 0.5) is 0 Å². The summed E-state index contributed by atoms with van der Waals surface area (Å²) in [5.74, 6) is 0.928. The van der Waals surface area contributed by atoms with Crippen molar-refractivity contribution in [1.29, 1.82) is 0 Å². The van der Waals surface area contributed by atoms with Gasteiger partial charge in [0.15, 0.2) is 5.96 Å². The van der Waals surface area contributed by atoms with Crippen LogP contribution in [0.3, 0.4) is 0 Å². The first kappa shape index (κ1) is 22.0. The highest BCUT2D eigenvalue weighted by Crippen LogP contribution is 2.51. The number of nitrogens with one attached hydrogen (secondary N) is 2. The summed E-state index contributed by atoms with van der Waals surface area (Å²) >= 11 is 1.97. The summed E-state index contributed by atoms with van der Waals surface area (Å²) in [7, 11) is 0. The Hall–Kier alpha value is -1.29. The minimum absolute atomic E-state index is 0. The molecule has 1 aliphatic rings. The Balaban J connectivity index is 0.00000261. The molecule has 2 N–H and O–H groups in total. The Labute approximate surface area is 183 Å². The zero-order chi connectivity index (χ0) is 18.1. The molecule has 0 bridgehead atoms. The van der Waals surface area contributed by atoms with Gasteiger partial charge in [0.1, 0.15) is 12.7 Å². The van der Waals surface area contributed by atoms with Gasteiger partial charge in [-0.2, -0.15) is 0 Å². The van der Waals surface area contributed by atoms with E-state index >= 15 is 0 Å². The van der Waals surface area contributed by atoms with Gasteiger partial charge in [0, 0.05) is 29.3 Å². The van der Waals surface area contributed by atoms with Crippen LogP contribution in [0.5, 0.6) is 0 Å². The lowest BCUT2D eigenvalue weighted by molar-refractivity contribution is 0.597. The number of aliphatic imine (C=N–C) groups is 1. The molecule has 0 unspecified atom stereocenters. The summed E-state index contributed by atoms with van der Waals surface area (Å²) in [4.78, 5) is 6.18. The monoisotopic (exact) mass is 500 g/mol. The van der Waals surface area contributed by atoms with Gasteiger partial charge in [0.2, 0.25) is 0 Å². The van der Waals surface area contributed by atoms with Crippen LogP contribution in [0.2, 0.25) is 0 Å². The number of hydrogen-bond acceptors (Lipinski definition) is 4. The Morgan fingerprint density at radius 3 is 2.56 bits per heavy atom. The molecular formula is C19H29IN6S. The first-order chi connectivity index (χ1) is 12.8. The minimum atomic E-state index is 0. The van der Waals surface area contributed by atoms with E-state index in [0.29, 0.717) is 0 Å². The molecule has 0 aliphatic heterocycles. The molecule has 6 nitrogen and oxygen atoms in total. The number of unbranched alkanes of at least 4 members (excludes halogenated alkanes) is 1. The SMILES string of the molecule is CCNC(=NCC1(Sc2ccccc2)CC1)NCCCCn1cnnc1.I. The summed E-state index contributed by atoms with van der Waals surface area (Å²) in [6.45, 7) is 5.73. The van der Waals surface area contributed by atoms with Gasteiger partial charge in [-0.15, -0.1) is 45.9 Å². The Morgan fingerprint density at radius 1 is 1.15 bits per heavy atom. The summed E-state index contributed by atoms with van der Waals surface area (Å²) in [5, 5.41) is 14.5. The van der Waals surface area contributed by atoms with E-state index in [0.717, 1.165) is 45.0 Å². The average Bonchev–Trinajstić information content (AvgIpc) is 3.21. The molecule has 27 heavy (non-hydrogen) atoms. The van der Waals surface area contributed by atoms with Crippen LogP contribution in [0.15, 0.2) is 52.9 Å². The van der Waals surface area contributed by atoms with E-state index in [2.05, 4.69) is 58.1 Å². The molecule has 1 aromatic carbocycles. The molecule has 0 atom stereocenters. The minimum Gasteiger partial charge on any atom is -0.357 e. The molecule has 2 aromatic rings. The average molecular weight is 500 g/mol. The van der Waals surface area contributed by atoms with Crippen LogP contribution in [0.1, 0.15) is 32.6 Å². The second-order valence-corrected chi connectivity index (χ2v) is 8.17. The van der Waals surface area contributed by atoms with Gasteiger partial charge in [0.05, 0.1) is 6.54 Å². The van der Waals surface area contributed by atoms with Crippen molar-refractivity contribution in [2.45, 2.75) is 48.8 Å². The Kier molecular flexibility index (Phi) is 9.40. The maximum Gasteiger partial charge on any atom is 0.191 e. The van der Waals surface area contributed by atoms with Crippen molar-refractivity contribution in [3.8, 4) is 0 Å². The van der Waals surface area contributed by atoms with Gasteiger partial charge in [-0.25, -0.2) is 0 Å². The van der Waals surface area contributed by atoms with Crippen LogP contribution in [-0.4, -0.2) is 45.1 Å². The molecule has 0 amide bonds. The molecule has 1 aliphatic carbocycles. The number of benzene rings is 1. The lowest BCUT2D eigenvalue weighted by Crippen LogP contribution is -2.38. The smallest absolute Gasteiger partial charge is 0.191 e. The standard InChI is InChI=1S/C19H28N6S.HI/c1-2-20-18(21-12-6-7-13-25-15-23-24-16-25)22-14-19(10-11-19)26-17-8-4-3-5-9-17;/h3-5,8-9,15-16H,2,6-7,10-14H2,1H3,(H2,20,21,22);1H. The van der Waals surface area contributed by atoms with Crippen LogP contribution in [0, 0.1) is 0 Å². The van der Waals surface area contributed by atoms with E-state index in [1.54, 1.807) is 12.7 Å². The Morgan fingerprint density at radius 2 is 1.89 bits per heavy atom. The fourth-order valence-corrected chi connectivity index (χ4v) is 3.93. The molecule has 1 fully saturated rings. The molecule has 1 saturated carbocycles. The van der Waals surface area contributed by atoms with E-state index in [4.69, 9.17) is 4.99 Å². The van der Waals surface area contributed by atoms with E-state index in [9.17, 15) is 0 Å².